The molecule has 0 aliphatic carbocycles. The van der Waals surface area contributed by atoms with Crippen LogP contribution in [-0.2, 0) is 21.7 Å². The van der Waals surface area contributed by atoms with Crippen LogP contribution in [0.3, 0.4) is 0 Å². The highest BCUT2D eigenvalue weighted by atomic mass is 16.5. The number of hydrogen-bond acceptors (Lipinski definition) is 4. The number of amides is 2. The largest absolute Gasteiger partial charge is 0.497 e. The normalized spacial score (nSPS) is 27.6. The topological polar surface area (TPSA) is 70.7 Å². The van der Waals surface area contributed by atoms with Gasteiger partial charge in [-0.1, -0.05) is 30.3 Å². The van der Waals surface area contributed by atoms with Crippen molar-refractivity contribution >= 4 is 17.5 Å². The van der Waals surface area contributed by atoms with E-state index in [9.17, 15) is 9.59 Å². The number of nitrogens with zero attached hydrogens (tertiary/aromatic N) is 1. The zero-order valence-corrected chi connectivity index (χ0v) is 16.5. The van der Waals surface area contributed by atoms with Crippen molar-refractivity contribution < 1.29 is 14.3 Å². The van der Waals surface area contributed by atoms with Gasteiger partial charge in [0.15, 0.2) is 0 Å². The van der Waals surface area contributed by atoms with E-state index in [1.165, 1.54) is 0 Å². The van der Waals surface area contributed by atoms with Crippen LogP contribution in [0.25, 0.3) is 0 Å². The van der Waals surface area contributed by atoms with E-state index in [1.54, 1.807) is 7.11 Å². The second kappa shape index (κ2) is 6.88. The second-order valence-corrected chi connectivity index (χ2v) is 8.11. The highest BCUT2D eigenvalue weighted by Crippen LogP contribution is 2.55. The van der Waals surface area contributed by atoms with Gasteiger partial charge in [0.1, 0.15) is 11.3 Å². The maximum atomic E-state index is 13.4. The van der Waals surface area contributed by atoms with Gasteiger partial charge in [0, 0.05) is 23.8 Å². The molecule has 3 heterocycles. The van der Waals surface area contributed by atoms with Gasteiger partial charge in [-0.2, -0.15) is 0 Å². The maximum absolute atomic E-state index is 13.4. The van der Waals surface area contributed by atoms with Crippen LogP contribution < -0.4 is 15.4 Å². The third-order valence-electron chi connectivity index (χ3n) is 6.69. The first-order valence-electron chi connectivity index (χ1n) is 10.2. The van der Waals surface area contributed by atoms with Crippen molar-refractivity contribution in [3.05, 3.63) is 59.7 Å². The average molecular weight is 391 g/mol. The van der Waals surface area contributed by atoms with Crippen LogP contribution in [0.15, 0.2) is 48.5 Å². The first-order valence-corrected chi connectivity index (χ1v) is 10.2. The van der Waals surface area contributed by atoms with Crippen molar-refractivity contribution in [3.8, 4) is 5.75 Å². The van der Waals surface area contributed by atoms with Crippen molar-refractivity contribution in [1.82, 2.24) is 10.2 Å². The molecule has 5 rings (SSSR count). The Hall–Kier alpha value is -2.86. The lowest BCUT2D eigenvalue weighted by molar-refractivity contribution is -0.137. The molecule has 6 nitrogen and oxygen atoms in total. The predicted octanol–water partition coefficient (Wildman–Crippen LogP) is 2.64. The average Bonchev–Trinajstić information content (AvgIpc) is 3.41. The van der Waals surface area contributed by atoms with Crippen molar-refractivity contribution in [1.29, 1.82) is 0 Å². The summed E-state index contributed by atoms with van der Waals surface area (Å²) in [4.78, 5) is 29.0. The molecule has 3 unspecified atom stereocenters. The zero-order chi connectivity index (χ0) is 20.0. The van der Waals surface area contributed by atoms with E-state index < -0.39 is 11.5 Å². The lowest BCUT2D eigenvalue weighted by atomic mass is 9.78. The molecule has 2 aromatic carbocycles. The summed E-state index contributed by atoms with van der Waals surface area (Å²) in [5.74, 6) is 0.236. The quantitative estimate of drug-likeness (QED) is 0.841. The molecule has 150 valence electrons. The van der Waals surface area contributed by atoms with Gasteiger partial charge in [0.05, 0.1) is 13.0 Å². The molecule has 3 atom stereocenters. The molecule has 1 spiro atoms. The van der Waals surface area contributed by atoms with Gasteiger partial charge < -0.3 is 15.4 Å². The van der Waals surface area contributed by atoms with Gasteiger partial charge in [-0.15, -0.1) is 0 Å². The van der Waals surface area contributed by atoms with E-state index in [0.29, 0.717) is 13.0 Å². The van der Waals surface area contributed by atoms with Crippen LogP contribution in [0, 0.1) is 5.92 Å². The van der Waals surface area contributed by atoms with Gasteiger partial charge in [-0.25, -0.2) is 0 Å². The lowest BCUT2D eigenvalue weighted by Crippen LogP contribution is -2.54. The van der Waals surface area contributed by atoms with Gasteiger partial charge in [0.25, 0.3) is 0 Å². The molecule has 0 bridgehead atoms. The summed E-state index contributed by atoms with van der Waals surface area (Å²) >= 11 is 0. The summed E-state index contributed by atoms with van der Waals surface area (Å²) in [6.45, 7) is 1.27. The van der Waals surface area contributed by atoms with Crippen molar-refractivity contribution in [2.24, 2.45) is 5.92 Å². The van der Waals surface area contributed by atoms with Crippen LogP contribution >= 0.6 is 0 Å². The molecule has 3 aliphatic heterocycles. The zero-order valence-electron chi connectivity index (χ0n) is 16.5. The van der Waals surface area contributed by atoms with Crippen LogP contribution in [0.2, 0.25) is 0 Å². The van der Waals surface area contributed by atoms with Crippen molar-refractivity contribution in [2.45, 2.75) is 37.4 Å². The predicted molar refractivity (Wildman–Crippen MR) is 109 cm³/mol. The van der Waals surface area contributed by atoms with Crippen molar-refractivity contribution in [2.75, 3.05) is 19.0 Å². The minimum absolute atomic E-state index is 0.0610. The Balaban J connectivity index is 1.46. The minimum Gasteiger partial charge on any atom is -0.497 e. The molecule has 3 aliphatic rings. The first kappa shape index (κ1) is 18.2. The number of rotatable bonds is 4. The Labute approximate surface area is 170 Å². The summed E-state index contributed by atoms with van der Waals surface area (Å²) < 4.78 is 5.27. The fourth-order valence-corrected chi connectivity index (χ4v) is 5.47. The monoisotopic (exact) mass is 391 g/mol. The van der Waals surface area contributed by atoms with Crippen LogP contribution in [-0.4, -0.2) is 36.4 Å². The molecule has 2 amide bonds. The highest BCUT2D eigenvalue weighted by Gasteiger charge is 2.65. The Kier molecular flexibility index (Phi) is 4.32. The van der Waals surface area contributed by atoms with Gasteiger partial charge in [-0.3, -0.25) is 14.5 Å². The highest BCUT2D eigenvalue weighted by molar-refractivity contribution is 6.09. The van der Waals surface area contributed by atoms with E-state index >= 15 is 0 Å². The Bertz CT molecular complexity index is 975. The van der Waals surface area contributed by atoms with E-state index in [2.05, 4.69) is 15.5 Å². The molecule has 2 fully saturated rings. The number of anilines is 1. The molecule has 6 heteroatoms. The van der Waals surface area contributed by atoms with Crippen molar-refractivity contribution in [3.63, 3.8) is 0 Å². The second-order valence-electron chi connectivity index (χ2n) is 8.11. The molecule has 2 aromatic rings. The third-order valence-corrected chi connectivity index (χ3v) is 6.69. The van der Waals surface area contributed by atoms with Crippen LogP contribution in [0.5, 0.6) is 5.75 Å². The molecular weight excluding hydrogens is 366 g/mol. The lowest BCUT2D eigenvalue weighted by Gasteiger charge is -2.36. The Morgan fingerprint density at radius 3 is 3.00 bits per heavy atom. The third kappa shape index (κ3) is 2.66. The number of carbonyl (C=O) groups is 2. The minimum atomic E-state index is -0.893. The van der Waals surface area contributed by atoms with E-state index in [4.69, 9.17) is 4.74 Å². The number of ether oxygens (including phenoxy) is 1. The number of methoxy groups -OCH3 is 1. The summed E-state index contributed by atoms with van der Waals surface area (Å²) in [6, 6.07) is 15.7. The number of carbonyl (C=O) groups excluding carboxylic acids is 2. The summed E-state index contributed by atoms with van der Waals surface area (Å²) in [5, 5.41) is 6.12. The number of hydrogen-bond donors (Lipinski definition) is 2. The van der Waals surface area contributed by atoms with E-state index in [1.807, 2.05) is 48.5 Å². The standard InChI is InChI=1S/C23H25N3O3/c1-29-17-8-4-6-15(12-17)14-24-21(27)19-13-16-7-5-11-26(16)23(19)18-9-2-3-10-20(18)25-22(23)28/h2-4,6,8-10,12,16,19H,5,7,11,13-14H2,1H3,(H,24,27)(H,25,28). The Morgan fingerprint density at radius 1 is 1.28 bits per heavy atom. The van der Waals surface area contributed by atoms with Gasteiger partial charge in [0.2, 0.25) is 11.8 Å². The number of nitrogens with one attached hydrogen (secondary N) is 2. The molecule has 2 saturated heterocycles. The molecular formula is C23H25N3O3. The van der Waals surface area contributed by atoms with E-state index in [0.717, 1.165) is 42.0 Å². The fraction of sp³-hybridized carbons (Fsp3) is 0.391. The summed E-state index contributed by atoms with van der Waals surface area (Å²) in [7, 11) is 1.63. The van der Waals surface area contributed by atoms with E-state index in [-0.39, 0.29) is 17.9 Å². The molecule has 2 N–H and O–H groups in total. The van der Waals surface area contributed by atoms with Gasteiger partial charge in [-0.05, 0) is 49.6 Å². The number of fused-ring (bicyclic) bond motifs is 4. The summed E-state index contributed by atoms with van der Waals surface area (Å²) in [6.07, 6.45) is 2.82. The number of benzene rings is 2. The SMILES string of the molecule is COc1cccc(CNC(=O)C2CC3CCCN3C23C(=O)Nc2ccccc23)c1. The first-order chi connectivity index (χ1) is 14.1. The fourth-order valence-electron chi connectivity index (χ4n) is 5.47. The molecule has 29 heavy (non-hydrogen) atoms. The van der Waals surface area contributed by atoms with Crippen LogP contribution in [0.4, 0.5) is 5.69 Å². The van der Waals surface area contributed by atoms with Crippen LogP contribution in [0.1, 0.15) is 30.4 Å². The number of para-hydroxylation sites is 1. The molecule has 0 saturated carbocycles. The maximum Gasteiger partial charge on any atom is 0.250 e. The Morgan fingerprint density at radius 2 is 2.14 bits per heavy atom. The smallest absolute Gasteiger partial charge is 0.250 e. The molecule has 0 aromatic heterocycles. The van der Waals surface area contributed by atoms with Gasteiger partial charge >= 0.3 is 0 Å². The summed E-state index contributed by atoms with van der Waals surface area (Å²) in [5.41, 5.74) is 1.85. The molecule has 0 radical (unpaired) electrons.